The van der Waals surface area contributed by atoms with Crippen molar-refractivity contribution < 1.29 is 9.47 Å². The molecule has 0 fully saturated rings. The Balaban J connectivity index is 2.16. The normalized spacial score (nSPS) is 10.1. The lowest BCUT2D eigenvalue weighted by molar-refractivity contribution is 0.399. The lowest BCUT2D eigenvalue weighted by atomic mass is 10.2. The van der Waals surface area contributed by atoms with Gasteiger partial charge in [0.05, 0.1) is 25.6 Å². The minimum absolute atomic E-state index is 0.660. The van der Waals surface area contributed by atoms with Crippen LogP contribution in [0, 0.1) is 6.92 Å². The third kappa shape index (κ3) is 3.16. The van der Waals surface area contributed by atoms with Crippen molar-refractivity contribution in [2.75, 3.05) is 19.5 Å². The Labute approximate surface area is 113 Å². The summed E-state index contributed by atoms with van der Waals surface area (Å²) in [6.07, 6.45) is 1.78. The average molecular weight is 258 g/mol. The van der Waals surface area contributed by atoms with E-state index in [9.17, 15) is 0 Å². The van der Waals surface area contributed by atoms with Gasteiger partial charge in [-0.05, 0) is 37.3 Å². The van der Waals surface area contributed by atoms with Crippen molar-refractivity contribution in [2.24, 2.45) is 0 Å². The Morgan fingerprint density at radius 1 is 1.16 bits per heavy atom. The SMILES string of the molecule is COc1ccc(OC)c(CNc2cccnc2C)c1. The van der Waals surface area contributed by atoms with Gasteiger partial charge in [-0.3, -0.25) is 4.98 Å². The monoisotopic (exact) mass is 258 g/mol. The van der Waals surface area contributed by atoms with Gasteiger partial charge in [0.1, 0.15) is 11.5 Å². The zero-order valence-electron chi connectivity index (χ0n) is 11.4. The largest absolute Gasteiger partial charge is 0.497 e. The number of anilines is 1. The van der Waals surface area contributed by atoms with E-state index >= 15 is 0 Å². The molecule has 0 saturated carbocycles. The molecule has 4 heteroatoms. The minimum atomic E-state index is 0.660. The fourth-order valence-electron chi connectivity index (χ4n) is 1.88. The first-order chi connectivity index (χ1) is 9.24. The predicted octanol–water partition coefficient (Wildman–Crippen LogP) is 3.02. The number of rotatable bonds is 5. The highest BCUT2D eigenvalue weighted by Gasteiger charge is 2.05. The van der Waals surface area contributed by atoms with E-state index in [2.05, 4.69) is 10.3 Å². The molecule has 0 atom stereocenters. The number of hydrogen-bond acceptors (Lipinski definition) is 4. The van der Waals surface area contributed by atoms with E-state index in [1.807, 2.05) is 37.3 Å². The smallest absolute Gasteiger partial charge is 0.124 e. The minimum Gasteiger partial charge on any atom is -0.497 e. The number of hydrogen-bond donors (Lipinski definition) is 1. The van der Waals surface area contributed by atoms with E-state index in [-0.39, 0.29) is 0 Å². The molecule has 0 radical (unpaired) electrons. The Bertz CT molecular complexity index is 556. The predicted molar refractivity (Wildman–Crippen MR) is 75.8 cm³/mol. The van der Waals surface area contributed by atoms with E-state index in [0.717, 1.165) is 28.4 Å². The van der Waals surface area contributed by atoms with Crippen molar-refractivity contribution in [1.29, 1.82) is 0 Å². The molecule has 19 heavy (non-hydrogen) atoms. The standard InChI is InChI=1S/C15H18N2O2/c1-11-14(5-4-8-16-11)17-10-12-9-13(18-2)6-7-15(12)19-3/h4-9,17H,10H2,1-3H3. The highest BCUT2D eigenvalue weighted by atomic mass is 16.5. The van der Waals surface area contributed by atoms with Crippen molar-refractivity contribution in [3.05, 3.63) is 47.8 Å². The maximum atomic E-state index is 5.35. The number of aromatic nitrogens is 1. The van der Waals surface area contributed by atoms with Crippen LogP contribution in [-0.4, -0.2) is 19.2 Å². The van der Waals surface area contributed by atoms with E-state index in [4.69, 9.17) is 9.47 Å². The Kier molecular flexibility index (Phi) is 4.23. The first-order valence-corrected chi connectivity index (χ1v) is 6.11. The van der Waals surface area contributed by atoms with Gasteiger partial charge in [0, 0.05) is 18.3 Å². The summed E-state index contributed by atoms with van der Waals surface area (Å²) in [5.41, 5.74) is 3.04. The lowest BCUT2D eigenvalue weighted by Crippen LogP contribution is -2.04. The summed E-state index contributed by atoms with van der Waals surface area (Å²) in [4.78, 5) is 4.25. The molecule has 4 nitrogen and oxygen atoms in total. The Morgan fingerprint density at radius 2 is 2.00 bits per heavy atom. The quantitative estimate of drug-likeness (QED) is 0.895. The molecule has 0 amide bonds. The van der Waals surface area contributed by atoms with Gasteiger partial charge in [-0.2, -0.15) is 0 Å². The van der Waals surface area contributed by atoms with Gasteiger partial charge >= 0.3 is 0 Å². The van der Waals surface area contributed by atoms with Crippen molar-refractivity contribution in [3.63, 3.8) is 0 Å². The van der Waals surface area contributed by atoms with Gasteiger partial charge in [-0.25, -0.2) is 0 Å². The fraction of sp³-hybridized carbons (Fsp3) is 0.267. The average Bonchev–Trinajstić information content (AvgIpc) is 2.46. The first-order valence-electron chi connectivity index (χ1n) is 6.11. The van der Waals surface area contributed by atoms with Crippen LogP contribution in [0.4, 0.5) is 5.69 Å². The summed E-state index contributed by atoms with van der Waals surface area (Å²) in [6, 6.07) is 9.69. The number of nitrogens with zero attached hydrogens (tertiary/aromatic N) is 1. The third-order valence-corrected chi connectivity index (χ3v) is 2.96. The molecule has 0 unspecified atom stereocenters. The summed E-state index contributed by atoms with van der Waals surface area (Å²) >= 11 is 0. The first kappa shape index (κ1) is 13.2. The molecule has 0 bridgehead atoms. The van der Waals surface area contributed by atoms with Gasteiger partial charge in [0.2, 0.25) is 0 Å². The van der Waals surface area contributed by atoms with Crippen LogP contribution in [0.5, 0.6) is 11.5 Å². The second-order valence-electron chi connectivity index (χ2n) is 4.17. The number of methoxy groups -OCH3 is 2. The Hall–Kier alpha value is -2.23. The Morgan fingerprint density at radius 3 is 2.68 bits per heavy atom. The van der Waals surface area contributed by atoms with Crippen LogP contribution in [0.2, 0.25) is 0 Å². The number of pyridine rings is 1. The summed E-state index contributed by atoms with van der Waals surface area (Å²) in [5, 5.41) is 3.36. The second kappa shape index (κ2) is 6.09. The van der Waals surface area contributed by atoms with Crippen molar-refractivity contribution in [2.45, 2.75) is 13.5 Å². The summed E-state index contributed by atoms with van der Waals surface area (Å²) < 4.78 is 10.6. The van der Waals surface area contributed by atoms with E-state index in [1.54, 1.807) is 20.4 Å². The van der Waals surface area contributed by atoms with Crippen LogP contribution in [0.3, 0.4) is 0 Å². The molecule has 0 aliphatic rings. The van der Waals surface area contributed by atoms with Crippen molar-refractivity contribution >= 4 is 5.69 Å². The molecule has 2 rings (SSSR count). The molecule has 1 N–H and O–H groups in total. The fourth-order valence-corrected chi connectivity index (χ4v) is 1.88. The molecule has 2 aromatic rings. The molecule has 100 valence electrons. The zero-order valence-corrected chi connectivity index (χ0v) is 11.4. The second-order valence-corrected chi connectivity index (χ2v) is 4.17. The number of benzene rings is 1. The number of aryl methyl sites for hydroxylation is 1. The van der Waals surface area contributed by atoms with E-state index < -0.39 is 0 Å². The van der Waals surface area contributed by atoms with Crippen molar-refractivity contribution in [3.8, 4) is 11.5 Å². The molecule has 0 aliphatic heterocycles. The van der Waals surface area contributed by atoms with E-state index in [1.165, 1.54) is 0 Å². The van der Waals surface area contributed by atoms with Crippen molar-refractivity contribution in [1.82, 2.24) is 4.98 Å². The van der Waals surface area contributed by atoms with Crippen LogP contribution in [0.15, 0.2) is 36.5 Å². The van der Waals surface area contributed by atoms with Crippen LogP contribution in [0.25, 0.3) is 0 Å². The molecule has 0 aliphatic carbocycles. The number of ether oxygens (including phenoxy) is 2. The highest BCUT2D eigenvalue weighted by Crippen LogP contribution is 2.25. The summed E-state index contributed by atoms with van der Waals surface area (Å²) in [6.45, 7) is 2.64. The molecule has 1 aromatic heterocycles. The molecule has 0 saturated heterocycles. The van der Waals surface area contributed by atoms with Crippen LogP contribution in [-0.2, 0) is 6.54 Å². The lowest BCUT2D eigenvalue weighted by Gasteiger charge is -2.13. The maximum Gasteiger partial charge on any atom is 0.124 e. The zero-order chi connectivity index (χ0) is 13.7. The molecular formula is C15H18N2O2. The maximum absolute atomic E-state index is 5.35. The molecule has 1 heterocycles. The molecular weight excluding hydrogens is 240 g/mol. The van der Waals surface area contributed by atoms with Crippen LogP contribution < -0.4 is 14.8 Å². The van der Waals surface area contributed by atoms with Gasteiger partial charge in [0.25, 0.3) is 0 Å². The van der Waals surface area contributed by atoms with Gasteiger partial charge in [0.15, 0.2) is 0 Å². The third-order valence-electron chi connectivity index (χ3n) is 2.96. The van der Waals surface area contributed by atoms with Gasteiger partial charge < -0.3 is 14.8 Å². The number of nitrogens with one attached hydrogen (secondary N) is 1. The highest BCUT2D eigenvalue weighted by molar-refractivity contribution is 5.49. The van der Waals surface area contributed by atoms with Gasteiger partial charge in [-0.15, -0.1) is 0 Å². The molecule has 0 spiro atoms. The topological polar surface area (TPSA) is 43.4 Å². The summed E-state index contributed by atoms with van der Waals surface area (Å²) in [5.74, 6) is 1.66. The van der Waals surface area contributed by atoms with Crippen LogP contribution >= 0.6 is 0 Å². The van der Waals surface area contributed by atoms with Crippen LogP contribution in [0.1, 0.15) is 11.3 Å². The molecule has 1 aromatic carbocycles. The van der Waals surface area contributed by atoms with Gasteiger partial charge in [-0.1, -0.05) is 0 Å². The summed E-state index contributed by atoms with van der Waals surface area (Å²) in [7, 11) is 3.32. The van der Waals surface area contributed by atoms with E-state index in [0.29, 0.717) is 6.54 Å².